The summed E-state index contributed by atoms with van der Waals surface area (Å²) in [6.45, 7) is 12.4. The first-order valence-corrected chi connectivity index (χ1v) is 13.8. The lowest BCUT2D eigenvalue weighted by molar-refractivity contribution is -0.158. The summed E-state index contributed by atoms with van der Waals surface area (Å²) in [6, 6.07) is 0. The zero-order valence-corrected chi connectivity index (χ0v) is 23.6. The van der Waals surface area contributed by atoms with Crippen molar-refractivity contribution in [3.63, 3.8) is 0 Å². The molecule has 0 spiro atoms. The van der Waals surface area contributed by atoms with Gasteiger partial charge in [-0.1, -0.05) is 41.5 Å². The lowest BCUT2D eigenvalue weighted by Gasteiger charge is -2.61. The smallest absolute Gasteiger partial charge is 0.306 e. The van der Waals surface area contributed by atoms with E-state index in [-0.39, 0.29) is 61.3 Å². The summed E-state index contributed by atoms with van der Waals surface area (Å²) >= 11 is 0. The molecular formula is C30H42O8. The van der Waals surface area contributed by atoms with Crippen molar-refractivity contribution in [3.05, 3.63) is 11.1 Å². The van der Waals surface area contributed by atoms with E-state index in [1.807, 2.05) is 27.7 Å². The molecule has 0 bridgehead atoms. The number of aliphatic carboxylic acids is 1. The maximum atomic E-state index is 14.1. The number of carboxylic acid groups (broad SMARTS) is 1. The van der Waals surface area contributed by atoms with E-state index in [0.29, 0.717) is 17.6 Å². The number of ketones is 4. The molecule has 4 rings (SSSR count). The van der Waals surface area contributed by atoms with Gasteiger partial charge in [0.2, 0.25) is 0 Å². The molecule has 0 aromatic carbocycles. The minimum Gasteiger partial charge on any atom is -0.481 e. The van der Waals surface area contributed by atoms with Crippen molar-refractivity contribution in [2.75, 3.05) is 0 Å². The first-order valence-electron chi connectivity index (χ1n) is 13.8. The number of carbonyl (C=O) groups is 5. The van der Waals surface area contributed by atoms with Gasteiger partial charge in [0.05, 0.1) is 17.4 Å². The molecule has 9 atom stereocenters. The van der Waals surface area contributed by atoms with Crippen molar-refractivity contribution < 1.29 is 39.3 Å². The summed E-state index contributed by atoms with van der Waals surface area (Å²) in [7, 11) is 0. The van der Waals surface area contributed by atoms with Crippen LogP contribution in [0.1, 0.15) is 87.0 Å². The second kappa shape index (κ2) is 8.91. The Labute approximate surface area is 224 Å². The van der Waals surface area contributed by atoms with Crippen LogP contribution in [0, 0.1) is 45.3 Å². The molecule has 8 heteroatoms. The van der Waals surface area contributed by atoms with E-state index in [2.05, 4.69) is 0 Å². The van der Waals surface area contributed by atoms with Gasteiger partial charge in [0.1, 0.15) is 23.5 Å². The van der Waals surface area contributed by atoms with Crippen molar-refractivity contribution in [2.45, 2.75) is 99.2 Å². The highest BCUT2D eigenvalue weighted by Gasteiger charge is 2.73. The number of carboxylic acids is 1. The Morgan fingerprint density at radius 1 is 0.974 bits per heavy atom. The van der Waals surface area contributed by atoms with Crippen molar-refractivity contribution in [3.8, 4) is 0 Å². The molecule has 8 nitrogen and oxygen atoms in total. The zero-order valence-electron chi connectivity index (χ0n) is 23.6. The fourth-order valence-electron chi connectivity index (χ4n) is 8.95. The fourth-order valence-corrected chi connectivity index (χ4v) is 8.95. The fraction of sp³-hybridized carbons (Fsp3) is 0.767. The van der Waals surface area contributed by atoms with E-state index < -0.39 is 57.5 Å². The number of rotatable bonds is 6. The number of aliphatic hydroxyl groups is 2. The highest BCUT2D eigenvalue weighted by molar-refractivity contribution is 6.08. The lowest BCUT2D eigenvalue weighted by atomic mass is 9.42. The minimum atomic E-state index is -1.51. The van der Waals surface area contributed by atoms with E-state index in [1.165, 1.54) is 6.92 Å². The SMILES string of the molecule is C[C@H](CC(=O)C[C@@H](C)[C@H]1CC(=O)[C@@]2(C)C3=C(C(=O)C(O)[C@]12C)[C@@]1(C)CCC(=O)C(C)(C)[C@@H]1C[C@@H]3O)C(=O)O. The van der Waals surface area contributed by atoms with Gasteiger partial charge in [0.25, 0.3) is 0 Å². The Hall–Kier alpha value is -2.19. The van der Waals surface area contributed by atoms with Crippen LogP contribution in [0.3, 0.4) is 0 Å². The topological polar surface area (TPSA) is 146 Å². The average Bonchev–Trinajstić information content (AvgIpc) is 3.03. The number of carbonyl (C=O) groups excluding carboxylic acids is 4. The molecule has 1 unspecified atom stereocenters. The molecule has 0 aliphatic heterocycles. The maximum Gasteiger partial charge on any atom is 0.306 e. The quantitative estimate of drug-likeness (QED) is 0.474. The monoisotopic (exact) mass is 530 g/mol. The van der Waals surface area contributed by atoms with Gasteiger partial charge in [-0.25, -0.2) is 0 Å². The molecule has 0 heterocycles. The third-order valence-corrected chi connectivity index (χ3v) is 11.5. The Kier molecular flexibility index (Phi) is 6.76. The summed E-state index contributed by atoms with van der Waals surface area (Å²) in [4.78, 5) is 64.8. The van der Waals surface area contributed by atoms with E-state index in [4.69, 9.17) is 0 Å². The third kappa shape index (κ3) is 3.58. The van der Waals surface area contributed by atoms with Crippen LogP contribution in [-0.2, 0) is 24.0 Å². The van der Waals surface area contributed by atoms with E-state index in [1.54, 1.807) is 13.8 Å². The molecule has 4 aliphatic rings. The van der Waals surface area contributed by atoms with Crippen LogP contribution in [-0.4, -0.2) is 56.6 Å². The van der Waals surface area contributed by atoms with Gasteiger partial charge >= 0.3 is 5.97 Å². The first kappa shape index (κ1) is 28.8. The van der Waals surface area contributed by atoms with Gasteiger partial charge in [-0.15, -0.1) is 0 Å². The molecule has 4 aliphatic carbocycles. The summed E-state index contributed by atoms with van der Waals surface area (Å²) in [5.74, 6) is -3.91. The van der Waals surface area contributed by atoms with Gasteiger partial charge in [0, 0.05) is 47.5 Å². The minimum absolute atomic E-state index is 0.0344. The number of fused-ring (bicyclic) bond motifs is 4. The van der Waals surface area contributed by atoms with Crippen molar-refractivity contribution in [1.82, 2.24) is 0 Å². The number of hydrogen-bond acceptors (Lipinski definition) is 7. The van der Waals surface area contributed by atoms with Crippen molar-refractivity contribution >= 4 is 29.1 Å². The van der Waals surface area contributed by atoms with Gasteiger partial charge < -0.3 is 15.3 Å². The van der Waals surface area contributed by atoms with Crippen LogP contribution in [0.2, 0.25) is 0 Å². The number of Topliss-reactive ketones (excluding diaryl/α,β-unsaturated/α-hetero) is 4. The van der Waals surface area contributed by atoms with Crippen molar-refractivity contribution in [1.29, 1.82) is 0 Å². The lowest BCUT2D eigenvalue weighted by Crippen LogP contribution is -2.64. The highest BCUT2D eigenvalue weighted by Crippen LogP contribution is 2.70. The van der Waals surface area contributed by atoms with Gasteiger partial charge in [-0.2, -0.15) is 0 Å². The molecule has 2 fully saturated rings. The van der Waals surface area contributed by atoms with E-state index in [9.17, 15) is 39.3 Å². The van der Waals surface area contributed by atoms with Gasteiger partial charge in [-0.3, -0.25) is 24.0 Å². The second-order valence-electron chi connectivity index (χ2n) is 13.7. The van der Waals surface area contributed by atoms with Crippen molar-refractivity contribution in [2.24, 2.45) is 45.3 Å². The Bertz CT molecular complexity index is 1150. The van der Waals surface area contributed by atoms with E-state index in [0.717, 1.165) is 0 Å². The Morgan fingerprint density at radius 3 is 2.16 bits per heavy atom. The largest absolute Gasteiger partial charge is 0.481 e. The van der Waals surface area contributed by atoms with Crippen LogP contribution >= 0.6 is 0 Å². The number of hydrogen-bond donors (Lipinski definition) is 3. The molecule has 0 saturated heterocycles. The molecular weight excluding hydrogens is 488 g/mol. The third-order valence-electron chi connectivity index (χ3n) is 11.5. The van der Waals surface area contributed by atoms with Crippen LogP contribution < -0.4 is 0 Å². The van der Waals surface area contributed by atoms with Crippen LogP contribution in [0.5, 0.6) is 0 Å². The highest BCUT2D eigenvalue weighted by atomic mass is 16.4. The standard InChI is InChI=1S/C30H42O8/c1-14(10-16(31)11-15(2)26(37)38)17-12-21(34)30(7)22-18(32)13-19-27(3,4)20(33)8-9-28(19,5)23(22)24(35)25(36)29(17,30)6/h14-15,17-19,25,32,36H,8-13H2,1-7H3,(H,37,38)/t14-,15-,17-,18+,19+,25?,28+,29+,30+/m1/s1. The van der Waals surface area contributed by atoms with Crippen LogP contribution in [0.4, 0.5) is 0 Å². The summed E-state index contributed by atoms with van der Waals surface area (Å²) < 4.78 is 0. The van der Waals surface area contributed by atoms with E-state index >= 15 is 0 Å². The second-order valence-corrected chi connectivity index (χ2v) is 13.7. The molecule has 0 radical (unpaired) electrons. The summed E-state index contributed by atoms with van der Waals surface area (Å²) in [6.07, 6.45) is -1.71. The van der Waals surface area contributed by atoms with Crippen LogP contribution in [0.25, 0.3) is 0 Å². The molecule has 2 saturated carbocycles. The molecule has 0 amide bonds. The normalized spacial score (nSPS) is 41.8. The summed E-state index contributed by atoms with van der Waals surface area (Å²) in [5, 5.41) is 32.5. The predicted octanol–water partition coefficient (Wildman–Crippen LogP) is 3.31. The first-order chi connectivity index (χ1) is 17.4. The molecule has 210 valence electrons. The molecule has 3 N–H and O–H groups in total. The van der Waals surface area contributed by atoms with Gasteiger partial charge in [0.15, 0.2) is 5.78 Å². The summed E-state index contributed by atoms with van der Waals surface area (Å²) in [5.41, 5.74) is -3.37. The predicted molar refractivity (Wildman–Crippen MR) is 138 cm³/mol. The molecule has 0 aromatic heterocycles. The Morgan fingerprint density at radius 2 is 1.58 bits per heavy atom. The average molecular weight is 531 g/mol. The van der Waals surface area contributed by atoms with Gasteiger partial charge in [-0.05, 0) is 43.1 Å². The maximum absolute atomic E-state index is 14.1. The molecule has 0 aromatic rings. The number of aliphatic hydroxyl groups excluding tert-OH is 2. The molecule has 38 heavy (non-hydrogen) atoms. The zero-order chi connectivity index (χ0) is 28.7. The Balaban J connectivity index is 1.80. The van der Waals surface area contributed by atoms with Crippen LogP contribution in [0.15, 0.2) is 11.1 Å².